The fourth-order valence-corrected chi connectivity index (χ4v) is 1.96. The predicted octanol–water partition coefficient (Wildman–Crippen LogP) is 1.27. The summed E-state index contributed by atoms with van der Waals surface area (Å²) in [6, 6.07) is 1.62. The van der Waals surface area contributed by atoms with E-state index in [1.54, 1.807) is 27.1 Å². The van der Waals surface area contributed by atoms with E-state index in [1.807, 2.05) is 0 Å². The normalized spacial score (nSPS) is 10.3. The number of amides is 2. The van der Waals surface area contributed by atoms with Crippen molar-refractivity contribution < 1.29 is 14.3 Å². The fraction of sp³-hybridized carbons (Fsp3) is 0.500. The Labute approximate surface area is 129 Å². The van der Waals surface area contributed by atoms with Gasteiger partial charge in [-0.05, 0) is 19.4 Å². The minimum absolute atomic E-state index is 0.0317. The minimum atomic E-state index is -0.334. The van der Waals surface area contributed by atoms with Crippen LogP contribution in [0.3, 0.4) is 0 Å². The molecular weight excluding hydrogens is 294 g/mol. The van der Waals surface area contributed by atoms with Crippen LogP contribution in [0.15, 0.2) is 12.3 Å². The molecule has 0 saturated heterocycles. The smallest absolute Gasteiger partial charge is 0.257 e. The van der Waals surface area contributed by atoms with Crippen LogP contribution < -0.4 is 5.32 Å². The van der Waals surface area contributed by atoms with Crippen LogP contribution in [-0.2, 0) is 9.53 Å². The monoisotopic (exact) mass is 313 g/mol. The standard InChI is InChI=1S/C14H20ClN3O3/c1-10-7-12(15)11(8-17-10)14(20)18(2)9-13(19)16-5-4-6-21-3/h7-8H,4-6,9H2,1-3H3,(H,16,19). The van der Waals surface area contributed by atoms with E-state index in [0.29, 0.717) is 18.2 Å². The second-order valence-electron chi connectivity index (χ2n) is 4.66. The lowest BCUT2D eigenvalue weighted by atomic mass is 10.2. The zero-order valence-corrected chi connectivity index (χ0v) is 13.2. The molecule has 1 heterocycles. The van der Waals surface area contributed by atoms with Gasteiger partial charge in [0.2, 0.25) is 5.91 Å². The van der Waals surface area contributed by atoms with E-state index in [0.717, 1.165) is 12.1 Å². The first-order chi connectivity index (χ1) is 9.95. The van der Waals surface area contributed by atoms with Crippen molar-refractivity contribution in [3.05, 3.63) is 28.5 Å². The van der Waals surface area contributed by atoms with E-state index in [-0.39, 0.29) is 23.9 Å². The Hall–Kier alpha value is -1.66. The number of carbonyl (C=O) groups is 2. The highest BCUT2D eigenvalue weighted by Crippen LogP contribution is 2.17. The van der Waals surface area contributed by atoms with Crippen LogP contribution >= 0.6 is 11.6 Å². The number of hydrogen-bond acceptors (Lipinski definition) is 4. The summed E-state index contributed by atoms with van der Waals surface area (Å²) in [6.45, 7) is 2.86. The fourth-order valence-electron chi connectivity index (χ4n) is 1.68. The number of nitrogens with zero attached hydrogens (tertiary/aromatic N) is 2. The Morgan fingerprint density at radius 1 is 1.48 bits per heavy atom. The number of nitrogens with one attached hydrogen (secondary N) is 1. The lowest BCUT2D eigenvalue weighted by Gasteiger charge is -2.17. The highest BCUT2D eigenvalue weighted by molar-refractivity contribution is 6.33. The van der Waals surface area contributed by atoms with Crippen molar-refractivity contribution >= 4 is 23.4 Å². The first-order valence-electron chi connectivity index (χ1n) is 6.59. The molecule has 0 bridgehead atoms. The molecule has 1 aromatic rings. The zero-order chi connectivity index (χ0) is 15.8. The number of rotatable bonds is 7. The summed E-state index contributed by atoms with van der Waals surface area (Å²) in [6.07, 6.45) is 2.15. The van der Waals surface area contributed by atoms with Gasteiger partial charge in [-0.3, -0.25) is 14.6 Å². The number of aryl methyl sites for hydroxylation is 1. The highest BCUT2D eigenvalue weighted by Gasteiger charge is 2.17. The molecule has 6 nitrogen and oxygen atoms in total. The molecule has 1 N–H and O–H groups in total. The van der Waals surface area contributed by atoms with Crippen LogP contribution in [0.5, 0.6) is 0 Å². The van der Waals surface area contributed by atoms with Gasteiger partial charge in [0.15, 0.2) is 0 Å². The van der Waals surface area contributed by atoms with Gasteiger partial charge in [0, 0.05) is 39.2 Å². The van der Waals surface area contributed by atoms with Gasteiger partial charge in [-0.2, -0.15) is 0 Å². The zero-order valence-electron chi connectivity index (χ0n) is 12.5. The van der Waals surface area contributed by atoms with E-state index >= 15 is 0 Å². The Kier molecular flexibility index (Phi) is 7.11. The van der Waals surface area contributed by atoms with Gasteiger partial charge in [-0.1, -0.05) is 11.6 Å². The number of halogens is 1. The van der Waals surface area contributed by atoms with Crippen molar-refractivity contribution in [1.82, 2.24) is 15.2 Å². The third kappa shape index (κ3) is 5.69. The van der Waals surface area contributed by atoms with Gasteiger partial charge < -0.3 is 15.0 Å². The van der Waals surface area contributed by atoms with Crippen molar-refractivity contribution in [1.29, 1.82) is 0 Å². The lowest BCUT2D eigenvalue weighted by Crippen LogP contribution is -2.39. The number of methoxy groups -OCH3 is 1. The van der Waals surface area contributed by atoms with E-state index in [2.05, 4.69) is 10.3 Å². The van der Waals surface area contributed by atoms with E-state index < -0.39 is 0 Å². The molecule has 7 heteroatoms. The molecule has 1 rings (SSSR count). The largest absolute Gasteiger partial charge is 0.385 e. The highest BCUT2D eigenvalue weighted by atomic mass is 35.5. The number of likely N-dealkylation sites (N-methyl/N-ethyl adjacent to an activating group) is 1. The molecule has 116 valence electrons. The Morgan fingerprint density at radius 3 is 2.81 bits per heavy atom. The van der Waals surface area contributed by atoms with E-state index in [1.165, 1.54) is 11.1 Å². The quantitative estimate of drug-likeness (QED) is 0.770. The van der Waals surface area contributed by atoms with Crippen molar-refractivity contribution in [2.24, 2.45) is 0 Å². The molecule has 0 unspecified atom stereocenters. The van der Waals surface area contributed by atoms with Crippen molar-refractivity contribution in [3.63, 3.8) is 0 Å². The second kappa shape index (κ2) is 8.59. The number of aromatic nitrogens is 1. The first-order valence-corrected chi connectivity index (χ1v) is 6.96. The second-order valence-corrected chi connectivity index (χ2v) is 5.07. The maximum absolute atomic E-state index is 12.2. The molecule has 0 radical (unpaired) electrons. The summed E-state index contributed by atoms with van der Waals surface area (Å²) in [5.74, 6) is -0.558. The van der Waals surface area contributed by atoms with Crippen LogP contribution in [0, 0.1) is 6.92 Å². The number of pyridine rings is 1. The van der Waals surface area contributed by atoms with Gasteiger partial charge in [-0.25, -0.2) is 0 Å². The molecule has 0 aliphatic carbocycles. The van der Waals surface area contributed by atoms with Crippen LogP contribution in [0.25, 0.3) is 0 Å². The minimum Gasteiger partial charge on any atom is -0.385 e. The van der Waals surface area contributed by atoms with Gasteiger partial charge in [0.25, 0.3) is 5.91 Å². The van der Waals surface area contributed by atoms with Crippen LogP contribution in [0.2, 0.25) is 5.02 Å². The van der Waals surface area contributed by atoms with Gasteiger partial charge in [0.05, 0.1) is 17.1 Å². The van der Waals surface area contributed by atoms with Crippen molar-refractivity contribution in [3.8, 4) is 0 Å². The van der Waals surface area contributed by atoms with Crippen LogP contribution in [0.4, 0.5) is 0 Å². The molecule has 0 spiro atoms. The number of hydrogen-bond donors (Lipinski definition) is 1. The summed E-state index contributed by atoms with van der Waals surface area (Å²) in [4.78, 5) is 29.2. The Morgan fingerprint density at radius 2 is 2.19 bits per heavy atom. The van der Waals surface area contributed by atoms with Gasteiger partial charge in [-0.15, -0.1) is 0 Å². The molecule has 0 fully saturated rings. The van der Waals surface area contributed by atoms with Crippen molar-refractivity contribution in [2.75, 3.05) is 33.9 Å². The molecule has 1 aromatic heterocycles. The summed E-state index contributed by atoms with van der Waals surface area (Å²) in [5.41, 5.74) is 1.02. The van der Waals surface area contributed by atoms with Gasteiger partial charge >= 0.3 is 0 Å². The van der Waals surface area contributed by atoms with E-state index in [9.17, 15) is 9.59 Å². The summed E-state index contributed by atoms with van der Waals surface area (Å²) in [7, 11) is 3.15. The Bertz CT molecular complexity index is 508. The number of ether oxygens (including phenoxy) is 1. The van der Waals surface area contributed by atoms with Gasteiger partial charge in [0.1, 0.15) is 0 Å². The van der Waals surface area contributed by atoms with Crippen LogP contribution in [-0.4, -0.2) is 55.6 Å². The third-order valence-electron chi connectivity index (χ3n) is 2.80. The lowest BCUT2D eigenvalue weighted by molar-refractivity contribution is -0.121. The molecule has 0 aliphatic heterocycles. The maximum Gasteiger partial charge on any atom is 0.257 e. The third-order valence-corrected chi connectivity index (χ3v) is 3.11. The maximum atomic E-state index is 12.2. The molecule has 21 heavy (non-hydrogen) atoms. The summed E-state index contributed by atoms with van der Waals surface area (Å²) < 4.78 is 4.89. The molecular formula is C14H20ClN3O3. The summed E-state index contributed by atoms with van der Waals surface area (Å²) in [5, 5.41) is 3.05. The SMILES string of the molecule is COCCCNC(=O)CN(C)C(=O)c1cnc(C)cc1Cl. The molecule has 0 aliphatic rings. The first kappa shape index (κ1) is 17.4. The molecule has 0 aromatic carbocycles. The van der Waals surface area contributed by atoms with E-state index in [4.69, 9.17) is 16.3 Å². The molecule has 0 saturated carbocycles. The summed E-state index contributed by atoms with van der Waals surface area (Å²) >= 11 is 6.02. The average molecular weight is 314 g/mol. The predicted molar refractivity (Wildman–Crippen MR) is 80.4 cm³/mol. The van der Waals surface area contributed by atoms with Crippen molar-refractivity contribution in [2.45, 2.75) is 13.3 Å². The topological polar surface area (TPSA) is 71.5 Å². The molecule has 0 atom stereocenters. The average Bonchev–Trinajstić information content (AvgIpc) is 2.43. The number of carbonyl (C=O) groups excluding carboxylic acids is 2. The Balaban J connectivity index is 2.52. The molecule has 2 amide bonds. The van der Waals surface area contributed by atoms with Crippen LogP contribution in [0.1, 0.15) is 22.5 Å².